The van der Waals surface area contributed by atoms with Gasteiger partial charge in [-0.05, 0) is 26.7 Å². The van der Waals surface area contributed by atoms with Crippen molar-refractivity contribution in [2.45, 2.75) is 69.7 Å². The SMILES string of the molecule is Cc1nc(C2(NS(=O)(=O)c3c(C)noc3C)CCCCCC2)no1. The molecule has 8 nitrogen and oxygen atoms in total. The molecule has 0 aliphatic heterocycles. The first-order valence-electron chi connectivity index (χ1n) is 8.12. The fourth-order valence-corrected chi connectivity index (χ4v) is 5.12. The van der Waals surface area contributed by atoms with Gasteiger partial charge in [0.25, 0.3) is 0 Å². The first-order chi connectivity index (χ1) is 11.3. The summed E-state index contributed by atoms with van der Waals surface area (Å²) in [6.07, 6.45) is 5.19. The van der Waals surface area contributed by atoms with Crippen molar-refractivity contribution in [3.05, 3.63) is 23.2 Å². The molecule has 0 unspecified atom stereocenters. The van der Waals surface area contributed by atoms with Crippen molar-refractivity contribution in [3.8, 4) is 0 Å². The molecule has 1 N–H and O–H groups in total. The molecule has 9 heteroatoms. The lowest BCUT2D eigenvalue weighted by atomic mass is 9.91. The molecule has 1 aliphatic rings. The number of aromatic nitrogens is 3. The second-order valence-corrected chi connectivity index (χ2v) is 8.01. The van der Waals surface area contributed by atoms with E-state index in [0.29, 0.717) is 30.3 Å². The van der Waals surface area contributed by atoms with Crippen molar-refractivity contribution in [3.63, 3.8) is 0 Å². The predicted octanol–water partition coefficient (Wildman–Crippen LogP) is 2.51. The molecule has 0 bridgehead atoms. The fraction of sp³-hybridized carbons (Fsp3) is 0.667. The van der Waals surface area contributed by atoms with Crippen molar-refractivity contribution in [1.82, 2.24) is 20.0 Å². The summed E-state index contributed by atoms with van der Waals surface area (Å²) < 4.78 is 39.0. The summed E-state index contributed by atoms with van der Waals surface area (Å²) in [5, 5.41) is 7.76. The van der Waals surface area contributed by atoms with Gasteiger partial charge >= 0.3 is 0 Å². The van der Waals surface area contributed by atoms with Crippen LogP contribution in [0.3, 0.4) is 0 Å². The van der Waals surface area contributed by atoms with E-state index in [0.717, 1.165) is 25.7 Å². The van der Waals surface area contributed by atoms with Crippen LogP contribution in [0.4, 0.5) is 0 Å². The van der Waals surface area contributed by atoms with E-state index >= 15 is 0 Å². The molecular formula is C15H22N4O4S. The van der Waals surface area contributed by atoms with Crippen LogP contribution in [0, 0.1) is 20.8 Å². The summed E-state index contributed by atoms with van der Waals surface area (Å²) in [4.78, 5) is 4.40. The summed E-state index contributed by atoms with van der Waals surface area (Å²) in [6.45, 7) is 4.90. The Morgan fingerprint density at radius 2 is 1.67 bits per heavy atom. The van der Waals surface area contributed by atoms with Gasteiger partial charge in [-0.2, -0.15) is 9.71 Å². The molecule has 0 saturated heterocycles. The normalized spacial score (nSPS) is 18.5. The van der Waals surface area contributed by atoms with Crippen LogP contribution in [-0.2, 0) is 15.6 Å². The smallest absolute Gasteiger partial charge is 0.246 e. The molecule has 1 aliphatic carbocycles. The number of rotatable bonds is 4. The van der Waals surface area contributed by atoms with Crippen molar-refractivity contribution in [1.29, 1.82) is 0 Å². The Morgan fingerprint density at radius 3 is 2.17 bits per heavy atom. The first kappa shape index (κ1) is 17.1. The Morgan fingerprint density at radius 1 is 1.00 bits per heavy atom. The van der Waals surface area contributed by atoms with Crippen molar-refractivity contribution in [2.24, 2.45) is 0 Å². The minimum atomic E-state index is -3.82. The standard InChI is InChI=1S/C15H22N4O4S/c1-10-13(11(2)22-17-10)24(20,21)19-15(8-6-4-5-7-9-15)14-16-12(3)23-18-14/h19H,4-9H2,1-3H3. The van der Waals surface area contributed by atoms with Gasteiger partial charge in [0.15, 0.2) is 11.6 Å². The second-order valence-electron chi connectivity index (χ2n) is 6.39. The summed E-state index contributed by atoms with van der Waals surface area (Å²) >= 11 is 0. The lowest BCUT2D eigenvalue weighted by Gasteiger charge is -2.30. The molecule has 3 rings (SSSR count). The number of aryl methyl sites for hydroxylation is 3. The van der Waals surface area contributed by atoms with Gasteiger partial charge in [0.2, 0.25) is 15.9 Å². The number of hydrogen-bond donors (Lipinski definition) is 1. The Hall–Kier alpha value is -1.74. The number of sulfonamides is 1. The van der Waals surface area contributed by atoms with Gasteiger partial charge in [-0.15, -0.1) is 0 Å². The molecule has 1 fully saturated rings. The summed E-state index contributed by atoms with van der Waals surface area (Å²) in [5.41, 5.74) is -0.517. The molecule has 2 aromatic rings. The maximum absolute atomic E-state index is 13.0. The molecule has 0 amide bonds. The van der Waals surface area contributed by atoms with Gasteiger partial charge in [0.1, 0.15) is 10.6 Å². The molecule has 132 valence electrons. The van der Waals surface area contributed by atoms with Crippen LogP contribution in [-0.4, -0.2) is 23.7 Å². The molecule has 2 aromatic heterocycles. The maximum atomic E-state index is 13.0. The van der Waals surface area contributed by atoms with Crippen LogP contribution < -0.4 is 4.72 Å². The van der Waals surface area contributed by atoms with E-state index in [4.69, 9.17) is 9.05 Å². The Balaban J connectivity index is 2.04. The third-order valence-electron chi connectivity index (χ3n) is 4.48. The largest absolute Gasteiger partial charge is 0.360 e. The van der Waals surface area contributed by atoms with Gasteiger partial charge in [-0.1, -0.05) is 36.0 Å². The van der Waals surface area contributed by atoms with E-state index in [1.165, 1.54) is 0 Å². The van der Waals surface area contributed by atoms with Gasteiger partial charge in [0, 0.05) is 6.92 Å². The van der Waals surface area contributed by atoms with Crippen LogP contribution >= 0.6 is 0 Å². The zero-order valence-electron chi connectivity index (χ0n) is 14.1. The zero-order chi connectivity index (χ0) is 17.4. The topological polar surface area (TPSA) is 111 Å². The third-order valence-corrected chi connectivity index (χ3v) is 6.26. The monoisotopic (exact) mass is 354 g/mol. The quantitative estimate of drug-likeness (QED) is 0.840. The van der Waals surface area contributed by atoms with Crippen molar-refractivity contribution in [2.75, 3.05) is 0 Å². The molecule has 0 radical (unpaired) electrons. The van der Waals surface area contributed by atoms with E-state index in [2.05, 4.69) is 20.0 Å². The third kappa shape index (κ3) is 3.10. The highest BCUT2D eigenvalue weighted by Crippen LogP contribution is 2.36. The summed E-state index contributed by atoms with van der Waals surface area (Å²) in [6, 6.07) is 0. The van der Waals surface area contributed by atoms with E-state index in [1.54, 1.807) is 20.8 Å². The highest BCUT2D eigenvalue weighted by atomic mass is 32.2. The molecule has 0 atom stereocenters. The molecule has 1 saturated carbocycles. The average molecular weight is 354 g/mol. The van der Waals surface area contributed by atoms with E-state index in [1.807, 2.05) is 0 Å². The number of hydrogen-bond acceptors (Lipinski definition) is 7. The predicted molar refractivity (Wildman–Crippen MR) is 84.7 cm³/mol. The number of nitrogens with one attached hydrogen (secondary N) is 1. The van der Waals surface area contributed by atoms with Crippen LogP contribution in [0.1, 0.15) is 61.7 Å². The van der Waals surface area contributed by atoms with E-state index in [9.17, 15) is 8.42 Å². The minimum Gasteiger partial charge on any atom is -0.360 e. The summed E-state index contributed by atoms with van der Waals surface area (Å²) in [7, 11) is -3.82. The lowest BCUT2D eigenvalue weighted by Crippen LogP contribution is -2.46. The fourth-order valence-electron chi connectivity index (χ4n) is 3.36. The Kier molecular flexibility index (Phi) is 4.48. The molecular weight excluding hydrogens is 332 g/mol. The van der Waals surface area contributed by atoms with E-state index < -0.39 is 15.6 Å². The van der Waals surface area contributed by atoms with Crippen LogP contribution in [0.15, 0.2) is 13.9 Å². The summed E-state index contributed by atoms with van der Waals surface area (Å²) in [5.74, 6) is 1.09. The maximum Gasteiger partial charge on any atom is 0.246 e. The molecule has 24 heavy (non-hydrogen) atoms. The Bertz CT molecular complexity index is 797. The van der Waals surface area contributed by atoms with Crippen LogP contribution in [0.25, 0.3) is 0 Å². The van der Waals surface area contributed by atoms with Gasteiger partial charge in [-0.25, -0.2) is 8.42 Å². The average Bonchev–Trinajstić information content (AvgIpc) is 3.00. The first-order valence-corrected chi connectivity index (χ1v) is 9.60. The molecule has 0 aromatic carbocycles. The Labute approximate surface area is 141 Å². The minimum absolute atomic E-state index is 0.0892. The van der Waals surface area contributed by atoms with Gasteiger partial charge in [0.05, 0.1) is 5.54 Å². The zero-order valence-corrected chi connectivity index (χ0v) is 14.9. The number of nitrogens with zero attached hydrogens (tertiary/aromatic N) is 3. The highest BCUT2D eigenvalue weighted by Gasteiger charge is 2.42. The molecule has 2 heterocycles. The van der Waals surface area contributed by atoms with Crippen LogP contribution in [0.5, 0.6) is 0 Å². The highest BCUT2D eigenvalue weighted by molar-refractivity contribution is 7.89. The van der Waals surface area contributed by atoms with Crippen LogP contribution in [0.2, 0.25) is 0 Å². The van der Waals surface area contributed by atoms with Crippen molar-refractivity contribution >= 4 is 10.0 Å². The van der Waals surface area contributed by atoms with Gasteiger partial charge < -0.3 is 9.05 Å². The van der Waals surface area contributed by atoms with Gasteiger partial charge in [-0.3, -0.25) is 0 Å². The second kappa shape index (κ2) is 6.29. The molecule has 0 spiro atoms. The van der Waals surface area contributed by atoms with Crippen molar-refractivity contribution < 1.29 is 17.5 Å². The lowest BCUT2D eigenvalue weighted by molar-refractivity contribution is 0.301. The van der Waals surface area contributed by atoms with E-state index in [-0.39, 0.29) is 10.7 Å².